The number of ether oxygens (including phenoxy) is 2. The maximum atomic E-state index is 15.0. The minimum atomic E-state index is -3.02. The second-order valence-corrected chi connectivity index (χ2v) is 9.49. The third-order valence-electron chi connectivity index (χ3n) is 7.07. The smallest absolute Gasteiger partial charge is 0.280 e. The molecule has 1 N–H and O–H groups in total. The van der Waals surface area contributed by atoms with Crippen LogP contribution in [0.4, 0.5) is 27.9 Å². The van der Waals surface area contributed by atoms with Crippen LogP contribution in [0.2, 0.25) is 0 Å². The first kappa shape index (κ1) is 24.8. The molecular weight excluding hydrogens is 513 g/mol. The zero-order valence-electron chi connectivity index (χ0n) is 20.3. The molecule has 1 aromatic carbocycles. The average molecular weight is 537 g/mol. The number of likely N-dealkylation sites (tertiary alicyclic amines) is 1. The number of hydrogen-bond acceptors (Lipinski definition) is 7. The quantitative estimate of drug-likeness (QED) is 0.360. The number of nitrogens with zero attached hydrogens (tertiary/aromatic N) is 6. The predicted octanol–water partition coefficient (Wildman–Crippen LogP) is 3.68. The molecule has 4 aromatic rings. The number of benzene rings is 1. The van der Waals surface area contributed by atoms with Crippen LogP contribution in [0.5, 0.6) is 5.88 Å². The van der Waals surface area contributed by atoms with Gasteiger partial charge in [0.25, 0.3) is 12.3 Å². The van der Waals surface area contributed by atoms with Gasteiger partial charge in [-0.2, -0.15) is 4.98 Å². The normalized spacial score (nSPS) is 20.3. The second-order valence-electron chi connectivity index (χ2n) is 9.49. The number of halogens is 5. The van der Waals surface area contributed by atoms with Gasteiger partial charge in [-0.1, -0.05) is 0 Å². The molecule has 9 nitrogen and oxygen atoms in total. The van der Waals surface area contributed by atoms with Gasteiger partial charge in [-0.05, 0) is 30.2 Å². The highest BCUT2D eigenvalue weighted by molar-refractivity contribution is 5.90. The van der Waals surface area contributed by atoms with Crippen LogP contribution in [-0.4, -0.2) is 86.9 Å². The second kappa shape index (κ2) is 9.34. The van der Waals surface area contributed by atoms with Crippen molar-refractivity contribution in [1.82, 2.24) is 29.0 Å². The van der Waals surface area contributed by atoms with Crippen LogP contribution in [0, 0.1) is 5.82 Å². The molecule has 0 amide bonds. The molecule has 2 aliphatic heterocycles. The Morgan fingerprint density at radius 2 is 2.08 bits per heavy atom. The van der Waals surface area contributed by atoms with E-state index in [9.17, 15) is 22.0 Å². The van der Waals surface area contributed by atoms with Gasteiger partial charge in [-0.3, -0.25) is 4.90 Å². The molecule has 0 bridgehead atoms. The molecule has 3 aromatic heterocycles. The van der Waals surface area contributed by atoms with E-state index in [0.29, 0.717) is 36.4 Å². The number of imidazole rings is 1. The van der Waals surface area contributed by atoms with Crippen LogP contribution in [-0.2, 0) is 11.3 Å². The molecule has 38 heavy (non-hydrogen) atoms. The fourth-order valence-corrected chi connectivity index (χ4v) is 5.04. The van der Waals surface area contributed by atoms with E-state index in [1.165, 1.54) is 28.6 Å². The molecule has 2 saturated heterocycles. The Labute approximate surface area is 213 Å². The zero-order chi connectivity index (χ0) is 26.6. The van der Waals surface area contributed by atoms with Gasteiger partial charge in [0.05, 0.1) is 57.3 Å². The van der Waals surface area contributed by atoms with Crippen molar-refractivity contribution in [2.24, 2.45) is 0 Å². The van der Waals surface area contributed by atoms with E-state index in [1.54, 1.807) is 23.2 Å². The van der Waals surface area contributed by atoms with Gasteiger partial charge >= 0.3 is 0 Å². The molecule has 6 rings (SSSR count). The maximum Gasteiger partial charge on any atom is 0.280 e. The number of anilines is 1. The van der Waals surface area contributed by atoms with Gasteiger partial charge in [0.15, 0.2) is 5.82 Å². The number of nitrogens with one attached hydrogen (secondary N) is 1. The van der Waals surface area contributed by atoms with Crippen molar-refractivity contribution in [1.29, 1.82) is 0 Å². The van der Waals surface area contributed by atoms with Crippen LogP contribution in [0.25, 0.3) is 27.7 Å². The van der Waals surface area contributed by atoms with Crippen LogP contribution in [0.1, 0.15) is 6.42 Å². The van der Waals surface area contributed by atoms with Crippen LogP contribution in [0.3, 0.4) is 0 Å². The number of rotatable bonds is 7. The molecule has 14 heteroatoms. The largest absolute Gasteiger partial charge is 0.479 e. The first-order valence-corrected chi connectivity index (χ1v) is 12.1. The topological polar surface area (TPSA) is 81.7 Å². The molecule has 2 fully saturated rings. The fourth-order valence-electron chi connectivity index (χ4n) is 5.04. The molecule has 0 radical (unpaired) electrons. The molecule has 202 valence electrons. The number of fused-ring (bicyclic) bond motifs is 2. The molecule has 1 unspecified atom stereocenters. The summed E-state index contributed by atoms with van der Waals surface area (Å²) in [6, 6.07) is 3.27. The lowest BCUT2D eigenvalue weighted by Gasteiger charge is -2.44. The Morgan fingerprint density at radius 1 is 1.26 bits per heavy atom. The summed E-state index contributed by atoms with van der Waals surface area (Å²) in [5, 5.41) is 7.10. The number of piperidine rings is 1. The van der Waals surface area contributed by atoms with Gasteiger partial charge in [0.1, 0.15) is 11.0 Å². The number of hydrogen-bond donors (Lipinski definition) is 1. The van der Waals surface area contributed by atoms with Crippen molar-refractivity contribution in [3.63, 3.8) is 0 Å². The van der Waals surface area contributed by atoms with E-state index >= 15 is 0 Å². The van der Waals surface area contributed by atoms with Gasteiger partial charge < -0.3 is 19.4 Å². The Balaban J connectivity index is 1.32. The summed E-state index contributed by atoms with van der Waals surface area (Å²) in [5.41, 5.74) is 1.39. The Hall–Kier alpha value is -3.52. The number of aromatic nitrogens is 5. The lowest BCUT2D eigenvalue weighted by Crippen LogP contribution is -2.61. The molecular formula is C24H24F5N7O2. The number of alkyl halides is 4. The highest BCUT2D eigenvalue weighted by atomic mass is 19.3. The highest BCUT2D eigenvalue weighted by Crippen LogP contribution is 2.35. The highest BCUT2D eigenvalue weighted by Gasteiger charge is 2.47. The Kier molecular flexibility index (Phi) is 6.10. The van der Waals surface area contributed by atoms with Gasteiger partial charge in [-0.25, -0.2) is 31.5 Å². The molecule has 2 aliphatic rings. The Bertz CT molecular complexity index is 1490. The van der Waals surface area contributed by atoms with Crippen molar-refractivity contribution in [2.75, 3.05) is 38.7 Å². The van der Waals surface area contributed by atoms with Crippen molar-refractivity contribution < 1.29 is 31.4 Å². The molecule has 0 spiro atoms. The number of methoxy groups -OCH3 is 1. The lowest BCUT2D eigenvalue weighted by molar-refractivity contribution is -0.131. The third kappa shape index (κ3) is 4.30. The SMILES string of the molecule is COc1nc(NC2CCN(C3COC3)CC2(F)F)nn2ccc(-c3cc(F)c4ncn(CC(F)F)c4c3)c12. The summed E-state index contributed by atoms with van der Waals surface area (Å²) < 4.78 is 83.9. The summed E-state index contributed by atoms with van der Waals surface area (Å²) in [7, 11) is 1.37. The van der Waals surface area contributed by atoms with E-state index in [0.717, 1.165) is 0 Å². The van der Waals surface area contributed by atoms with Crippen molar-refractivity contribution in [3.05, 3.63) is 36.5 Å². The van der Waals surface area contributed by atoms with Crippen LogP contribution in [0.15, 0.2) is 30.7 Å². The van der Waals surface area contributed by atoms with Crippen molar-refractivity contribution in [3.8, 4) is 17.0 Å². The van der Waals surface area contributed by atoms with Gasteiger partial charge in [0.2, 0.25) is 11.8 Å². The van der Waals surface area contributed by atoms with E-state index in [1.807, 2.05) is 0 Å². The van der Waals surface area contributed by atoms with Crippen LogP contribution >= 0.6 is 0 Å². The standard InChI is InChI=1S/C24H24F5N7O2/c1-37-22-21-15(13-6-16(25)20-17(7-13)35(12-30-20)8-19(26)27)2-5-36(21)33-23(32-22)31-18-3-4-34(11-24(18,28)29)14-9-38-10-14/h2,5-7,12,14,18-19H,3-4,8-11H2,1H3,(H,31,33). The van der Waals surface area contributed by atoms with E-state index < -0.39 is 30.8 Å². The van der Waals surface area contributed by atoms with Crippen LogP contribution < -0.4 is 10.1 Å². The van der Waals surface area contributed by atoms with Crippen molar-refractivity contribution >= 4 is 22.5 Å². The lowest BCUT2D eigenvalue weighted by atomic mass is 9.98. The summed E-state index contributed by atoms with van der Waals surface area (Å²) in [5.74, 6) is -3.66. The monoisotopic (exact) mass is 537 g/mol. The fraction of sp³-hybridized carbons (Fsp3) is 0.458. The average Bonchev–Trinajstić information content (AvgIpc) is 3.43. The minimum absolute atomic E-state index is 0.0193. The molecule has 0 aliphatic carbocycles. The predicted molar refractivity (Wildman–Crippen MR) is 127 cm³/mol. The van der Waals surface area contributed by atoms with Gasteiger partial charge in [-0.15, -0.1) is 5.10 Å². The van der Waals surface area contributed by atoms with E-state index in [-0.39, 0.29) is 41.9 Å². The minimum Gasteiger partial charge on any atom is -0.479 e. The first-order chi connectivity index (χ1) is 18.2. The van der Waals surface area contributed by atoms with E-state index in [4.69, 9.17) is 9.47 Å². The summed E-state index contributed by atoms with van der Waals surface area (Å²) in [6.45, 7) is 0.404. The molecule has 5 heterocycles. The summed E-state index contributed by atoms with van der Waals surface area (Å²) in [6.07, 6.45) is 0.287. The third-order valence-corrected chi connectivity index (χ3v) is 7.07. The van der Waals surface area contributed by atoms with Gasteiger partial charge in [0, 0.05) is 18.3 Å². The van der Waals surface area contributed by atoms with Crippen molar-refractivity contribution in [2.45, 2.75) is 37.4 Å². The summed E-state index contributed by atoms with van der Waals surface area (Å²) in [4.78, 5) is 9.96. The molecule has 0 saturated carbocycles. The first-order valence-electron chi connectivity index (χ1n) is 12.1. The Morgan fingerprint density at radius 3 is 2.76 bits per heavy atom. The summed E-state index contributed by atoms with van der Waals surface area (Å²) >= 11 is 0. The molecule has 1 atom stereocenters. The maximum absolute atomic E-state index is 15.0. The zero-order valence-corrected chi connectivity index (χ0v) is 20.3. The van der Waals surface area contributed by atoms with E-state index in [2.05, 4.69) is 20.4 Å².